The van der Waals surface area contributed by atoms with Gasteiger partial charge in [0.25, 0.3) is 0 Å². The highest BCUT2D eigenvalue weighted by molar-refractivity contribution is 7.13. The molecule has 0 atom stereocenters. The lowest BCUT2D eigenvalue weighted by Gasteiger charge is -1.98. The first kappa shape index (κ1) is 11.8. The van der Waals surface area contributed by atoms with Gasteiger partial charge in [-0.3, -0.25) is 0 Å². The minimum absolute atomic E-state index is 0.0506. The summed E-state index contributed by atoms with van der Waals surface area (Å²) < 4.78 is 38.3. The van der Waals surface area contributed by atoms with Crippen LogP contribution in [0.15, 0.2) is 0 Å². The van der Waals surface area contributed by atoms with E-state index in [9.17, 15) is 13.2 Å². The van der Waals surface area contributed by atoms with Crippen LogP contribution in [0, 0.1) is 13.8 Å². The Hall–Kier alpha value is -1.64. The van der Waals surface area contributed by atoms with Gasteiger partial charge < -0.3 is 5.73 Å². The largest absolute Gasteiger partial charge is 0.445 e. The molecular weight excluding hydrogens is 255 g/mol. The molecule has 92 valence electrons. The van der Waals surface area contributed by atoms with Crippen molar-refractivity contribution >= 4 is 17.0 Å². The molecule has 0 bridgehead atoms. The molecule has 2 aromatic heterocycles. The van der Waals surface area contributed by atoms with Crippen molar-refractivity contribution in [3.63, 3.8) is 0 Å². The summed E-state index contributed by atoms with van der Waals surface area (Å²) in [5.74, 6) is 0. The average molecular weight is 263 g/mol. The van der Waals surface area contributed by atoms with Crippen LogP contribution in [0.2, 0.25) is 0 Å². The molecule has 0 radical (unpaired) electrons. The molecule has 0 saturated heterocycles. The number of aryl methyl sites for hydroxylation is 1. The molecule has 0 aromatic carbocycles. The number of hydrogen-bond acceptors (Lipinski definition) is 5. The molecule has 0 spiro atoms. The number of nitrogens with zero attached hydrogens (tertiary/aromatic N) is 4. The van der Waals surface area contributed by atoms with Gasteiger partial charge >= 0.3 is 6.18 Å². The van der Waals surface area contributed by atoms with Crippen LogP contribution in [0.4, 0.5) is 18.9 Å². The maximum Gasteiger partial charge on any atom is 0.445 e. The summed E-state index contributed by atoms with van der Waals surface area (Å²) in [5, 5.41) is 9.60. The third kappa shape index (κ3) is 1.97. The SMILES string of the molecule is Cc1nn(-c2nnc(C(F)(F)F)s2)c(C)c1N. The lowest BCUT2D eigenvalue weighted by Crippen LogP contribution is -2.03. The van der Waals surface area contributed by atoms with E-state index in [-0.39, 0.29) is 5.13 Å². The Kier molecular flexibility index (Phi) is 2.57. The van der Waals surface area contributed by atoms with Crippen LogP contribution in [0.25, 0.3) is 5.13 Å². The van der Waals surface area contributed by atoms with Gasteiger partial charge in [0.15, 0.2) is 0 Å². The molecule has 0 fully saturated rings. The van der Waals surface area contributed by atoms with E-state index in [0.717, 1.165) is 0 Å². The number of aromatic nitrogens is 4. The second-order valence-electron chi connectivity index (χ2n) is 3.38. The number of anilines is 1. The molecule has 0 aliphatic carbocycles. The van der Waals surface area contributed by atoms with Crippen molar-refractivity contribution in [2.24, 2.45) is 0 Å². The van der Waals surface area contributed by atoms with Crippen LogP contribution >= 0.6 is 11.3 Å². The average Bonchev–Trinajstić information content (AvgIpc) is 2.79. The third-order valence-corrected chi connectivity index (χ3v) is 3.13. The minimum Gasteiger partial charge on any atom is -0.396 e. The maximum atomic E-state index is 12.4. The molecule has 0 saturated carbocycles. The van der Waals surface area contributed by atoms with Crippen LogP contribution in [-0.2, 0) is 6.18 Å². The molecule has 9 heteroatoms. The van der Waals surface area contributed by atoms with Crippen LogP contribution in [0.3, 0.4) is 0 Å². The Morgan fingerprint density at radius 2 is 1.88 bits per heavy atom. The van der Waals surface area contributed by atoms with Gasteiger partial charge in [0.1, 0.15) is 0 Å². The Morgan fingerprint density at radius 3 is 2.29 bits per heavy atom. The first-order valence-electron chi connectivity index (χ1n) is 4.53. The van der Waals surface area contributed by atoms with Crippen LogP contribution in [-0.4, -0.2) is 20.0 Å². The van der Waals surface area contributed by atoms with Gasteiger partial charge in [-0.2, -0.15) is 18.3 Å². The zero-order valence-corrected chi connectivity index (χ0v) is 9.72. The van der Waals surface area contributed by atoms with Crippen molar-refractivity contribution in [2.45, 2.75) is 20.0 Å². The molecule has 5 nitrogen and oxygen atoms in total. The molecule has 2 N–H and O–H groups in total. The van der Waals surface area contributed by atoms with Crippen molar-refractivity contribution < 1.29 is 13.2 Å². The normalized spacial score (nSPS) is 12.1. The highest BCUT2D eigenvalue weighted by Crippen LogP contribution is 2.33. The van der Waals surface area contributed by atoms with Crippen LogP contribution in [0.5, 0.6) is 0 Å². The van der Waals surface area contributed by atoms with Crippen molar-refractivity contribution in [3.05, 3.63) is 16.4 Å². The predicted molar refractivity (Wildman–Crippen MR) is 55.9 cm³/mol. The zero-order valence-electron chi connectivity index (χ0n) is 8.91. The Bertz CT molecular complexity index is 556. The van der Waals surface area contributed by atoms with Gasteiger partial charge in [-0.05, 0) is 13.8 Å². The summed E-state index contributed by atoms with van der Waals surface area (Å²) in [7, 11) is 0. The van der Waals surface area contributed by atoms with E-state index in [0.29, 0.717) is 28.4 Å². The molecule has 0 aliphatic heterocycles. The summed E-state index contributed by atoms with van der Waals surface area (Å²) in [5.41, 5.74) is 7.22. The van der Waals surface area contributed by atoms with E-state index in [4.69, 9.17) is 5.73 Å². The zero-order chi connectivity index (χ0) is 12.8. The van der Waals surface area contributed by atoms with E-state index >= 15 is 0 Å². The summed E-state index contributed by atoms with van der Waals surface area (Å²) in [6, 6.07) is 0. The molecular formula is C8H8F3N5S. The monoisotopic (exact) mass is 263 g/mol. The first-order valence-corrected chi connectivity index (χ1v) is 5.35. The van der Waals surface area contributed by atoms with Crippen molar-refractivity contribution in [3.8, 4) is 5.13 Å². The van der Waals surface area contributed by atoms with Gasteiger partial charge in [-0.25, -0.2) is 4.68 Å². The van der Waals surface area contributed by atoms with Crippen molar-refractivity contribution in [2.75, 3.05) is 5.73 Å². The quantitative estimate of drug-likeness (QED) is 0.853. The number of hydrogen-bond donors (Lipinski definition) is 1. The smallest absolute Gasteiger partial charge is 0.396 e. The van der Waals surface area contributed by atoms with Gasteiger partial charge in [-0.1, -0.05) is 11.3 Å². The highest BCUT2D eigenvalue weighted by Gasteiger charge is 2.36. The van der Waals surface area contributed by atoms with E-state index in [1.54, 1.807) is 13.8 Å². The standard InChI is InChI=1S/C8H8F3N5S/c1-3-5(12)4(2)16(15-3)7-14-13-6(17-7)8(9,10)11/h12H2,1-2H3. The van der Waals surface area contributed by atoms with E-state index < -0.39 is 11.2 Å². The van der Waals surface area contributed by atoms with Gasteiger partial charge in [-0.15, -0.1) is 10.2 Å². The molecule has 2 rings (SSSR count). The Labute approximate surface area is 98.1 Å². The van der Waals surface area contributed by atoms with Crippen molar-refractivity contribution in [1.82, 2.24) is 20.0 Å². The number of nitrogen functional groups attached to an aromatic ring is 1. The highest BCUT2D eigenvalue weighted by atomic mass is 32.1. The summed E-state index contributed by atoms with van der Waals surface area (Å²) >= 11 is 0.427. The fourth-order valence-corrected chi connectivity index (χ4v) is 1.97. The fourth-order valence-electron chi connectivity index (χ4n) is 1.26. The van der Waals surface area contributed by atoms with Gasteiger partial charge in [0, 0.05) is 0 Å². The summed E-state index contributed by atoms with van der Waals surface area (Å²) in [6.45, 7) is 3.33. The van der Waals surface area contributed by atoms with E-state index in [1.165, 1.54) is 4.68 Å². The fraction of sp³-hybridized carbons (Fsp3) is 0.375. The molecule has 2 aromatic rings. The Morgan fingerprint density at radius 1 is 1.24 bits per heavy atom. The second-order valence-corrected chi connectivity index (χ2v) is 4.34. The lowest BCUT2D eigenvalue weighted by atomic mass is 10.3. The first-order chi connectivity index (χ1) is 7.80. The Balaban J connectivity index is 2.48. The number of halogens is 3. The molecule has 0 unspecified atom stereocenters. The lowest BCUT2D eigenvalue weighted by molar-refractivity contribution is -0.138. The topological polar surface area (TPSA) is 69.6 Å². The predicted octanol–water partition coefficient (Wildman–Crippen LogP) is 1.94. The van der Waals surface area contributed by atoms with E-state index in [1.807, 2.05) is 0 Å². The summed E-state index contributed by atoms with van der Waals surface area (Å²) in [6.07, 6.45) is -4.49. The van der Waals surface area contributed by atoms with Crippen molar-refractivity contribution in [1.29, 1.82) is 0 Å². The number of nitrogens with two attached hydrogens (primary N) is 1. The van der Waals surface area contributed by atoms with E-state index in [2.05, 4.69) is 15.3 Å². The van der Waals surface area contributed by atoms with Gasteiger partial charge in [0.05, 0.1) is 17.1 Å². The molecule has 0 aliphatic rings. The third-order valence-electron chi connectivity index (χ3n) is 2.19. The van der Waals surface area contributed by atoms with Crippen LogP contribution < -0.4 is 5.73 Å². The molecule has 2 heterocycles. The number of rotatable bonds is 1. The number of alkyl halides is 3. The van der Waals surface area contributed by atoms with Gasteiger partial charge in [0.2, 0.25) is 10.1 Å². The maximum absolute atomic E-state index is 12.4. The summed E-state index contributed by atoms with van der Waals surface area (Å²) in [4.78, 5) is 0. The second kappa shape index (κ2) is 3.69. The minimum atomic E-state index is -4.49. The van der Waals surface area contributed by atoms with Crippen LogP contribution in [0.1, 0.15) is 16.4 Å². The molecule has 0 amide bonds. The molecule has 17 heavy (non-hydrogen) atoms.